The Morgan fingerprint density at radius 2 is 2.21 bits per heavy atom. The third kappa shape index (κ3) is 2.49. The molecule has 1 unspecified atom stereocenters. The van der Waals surface area contributed by atoms with Gasteiger partial charge in [0.25, 0.3) is 0 Å². The molecule has 3 heteroatoms. The summed E-state index contributed by atoms with van der Waals surface area (Å²) in [5.74, 6) is 2.24. The lowest BCUT2D eigenvalue weighted by Gasteiger charge is -2.12. The number of nitrogens with one attached hydrogen (secondary N) is 1. The van der Waals surface area contributed by atoms with Gasteiger partial charge in [-0.1, -0.05) is 5.92 Å². The van der Waals surface area contributed by atoms with Crippen LogP contribution >= 0.6 is 15.9 Å². The number of hydrogen-bond acceptors (Lipinski definition) is 1. The first-order valence-corrected chi connectivity index (χ1v) is 5.02. The Labute approximate surface area is 91.8 Å². The van der Waals surface area contributed by atoms with Gasteiger partial charge in [0.15, 0.2) is 0 Å². The second-order valence-electron chi connectivity index (χ2n) is 3.11. The summed E-state index contributed by atoms with van der Waals surface area (Å²) in [5, 5.41) is 3.03. The number of rotatable bonds is 2. The Balaban J connectivity index is 2.99. The lowest BCUT2D eigenvalue weighted by molar-refractivity contribution is 0.621. The zero-order valence-corrected chi connectivity index (χ0v) is 9.65. The molecule has 14 heavy (non-hydrogen) atoms. The van der Waals surface area contributed by atoms with Crippen LogP contribution in [-0.2, 0) is 0 Å². The molecule has 0 aliphatic carbocycles. The molecule has 0 saturated carbocycles. The highest BCUT2D eigenvalue weighted by molar-refractivity contribution is 9.10. The number of hydrogen-bond donors (Lipinski definition) is 1. The van der Waals surface area contributed by atoms with Crippen LogP contribution in [0.3, 0.4) is 0 Å². The first kappa shape index (κ1) is 11.1. The molecule has 1 aromatic carbocycles. The molecule has 0 fully saturated rings. The van der Waals surface area contributed by atoms with Crippen molar-refractivity contribution in [3.63, 3.8) is 0 Å². The molecule has 0 heterocycles. The lowest BCUT2D eigenvalue weighted by atomic mass is 10.2. The third-order valence-electron chi connectivity index (χ3n) is 1.89. The van der Waals surface area contributed by atoms with E-state index in [4.69, 9.17) is 6.42 Å². The van der Waals surface area contributed by atoms with Crippen molar-refractivity contribution in [1.82, 2.24) is 0 Å². The predicted octanol–water partition coefficient (Wildman–Crippen LogP) is 3.33. The quantitative estimate of drug-likeness (QED) is 0.800. The molecule has 0 radical (unpaired) electrons. The fourth-order valence-electron chi connectivity index (χ4n) is 1.08. The van der Waals surface area contributed by atoms with E-state index in [0.29, 0.717) is 4.47 Å². The topological polar surface area (TPSA) is 12.0 Å². The molecule has 0 saturated heterocycles. The van der Waals surface area contributed by atoms with Crippen molar-refractivity contribution < 1.29 is 4.39 Å². The largest absolute Gasteiger partial charge is 0.372 e. The summed E-state index contributed by atoms with van der Waals surface area (Å²) in [4.78, 5) is 0. The Hall–Kier alpha value is -1.01. The number of anilines is 1. The predicted molar refractivity (Wildman–Crippen MR) is 60.8 cm³/mol. The van der Waals surface area contributed by atoms with E-state index < -0.39 is 0 Å². The SMILES string of the molecule is C#CC(C)Nc1cc(F)c(Br)cc1C. The minimum Gasteiger partial charge on any atom is -0.372 e. The molecule has 1 N–H and O–H groups in total. The highest BCUT2D eigenvalue weighted by Crippen LogP contribution is 2.24. The van der Waals surface area contributed by atoms with E-state index in [1.54, 1.807) is 6.07 Å². The normalized spacial score (nSPS) is 11.9. The Kier molecular flexibility index (Phi) is 3.54. The molecule has 1 rings (SSSR count). The summed E-state index contributed by atoms with van der Waals surface area (Å²) >= 11 is 3.12. The lowest BCUT2D eigenvalue weighted by Crippen LogP contribution is -2.13. The fourth-order valence-corrected chi connectivity index (χ4v) is 1.53. The molecule has 1 atom stereocenters. The van der Waals surface area contributed by atoms with Gasteiger partial charge in [0.05, 0.1) is 10.5 Å². The Bertz CT molecular complexity index is 382. The van der Waals surface area contributed by atoms with E-state index in [2.05, 4.69) is 27.2 Å². The number of aryl methyl sites for hydroxylation is 1. The first-order valence-electron chi connectivity index (χ1n) is 4.23. The zero-order chi connectivity index (χ0) is 10.7. The van der Waals surface area contributed by atoms with Crippen LogP contribution in [0.1, 0.15) is 12.5 Å². The van der Waals surface area contributed by atoms with Gasteiger partial charge in [-0.25, -0.2) is 4.39 Å². The van der Waals surface area contributed by atoms with Crippen molar-refractivity contribution in [2.75, 3.05) is 5.32 Å². The minimum absolute atomic E-state index is 0.103. The van der Waals surface area contributed by atoms with Crippen LogP contribution in [0.2, 0.25) is 0 Å². The van der Waals surface area contributed by atoms with Gasteiger partial charge < -0.3 is 5.32 Å². The van der Waals surface area contributed by atoms with E-state index in [0.717, 1.165) is 11.3 Å². The molecular weight excluding hydrogens is 245 g/mol. The first-order chi connectivity index (χ1) is 6.54. The van der Waals surface area contributed by atoms with Gasteiger partial charge in [0.2, 0.25) is 0 Å². The molecular formula is C11H11BrFN. The second-order valence-corrected chi connectivity index (χ2v) is 3.97. The fraction of sp³-hybridized carbons (Fsp3) is 0.273. The summed E-state index contributed by atoms with van der Waals surface area (Å²) < 4.78 is 13.6. The van der Waals surface area contributed by atoms with E-state index in [9.17, 15) is 4.39 Å². The number of benzene rings is 1. The van der Waals surface area contributed by atoms with Gasteiger partial charge in [0, 0.05) is 5.69 Å². The molecule has 0 amide bonds. The van der Waals surface area contributed by atoms with E-state index >= 15 is 0 Å². The monoisotopic (exact) mass is 255 g/mol. The van der Waals surface area contributed by atoms with Crippen molar-refractivity contribution in [3.8, 4) is 12.3 Å². The molecule has 1 aromatic rings. The van der Waals surface area contributed by atoms with E-state index in [1.165, 1.54) is 6.07 Å². The van der Waals surface area contributed by atoms with Crippen LogP contribution in [0.5, 0.6) is 0 Å². The van der Waals surface area contributed by atoms with Crippen LogP contribution in [0.25, 0.3) is 0 Å². The summed E-state index contributed by atoms with van der Waals surface area (Å²) in [7, 11) is 0. The van der Waals surface area contributed by atoms with E-state index in [1.807, 2.05) is 13.8 Å². The van der Waals surface area contributed by atoms with E-state index in [-0.39, 0.29) is 11.9 Å². The average molecular weight is 256 g/mol. The minimum atomic E-state index is -0.290. The highest BCUT2D eigenvalue weighted by atomic mass is 79.9. The molecule has 74 valence electrons. The Morgan fingerprint density at radius 1 is 1.57 bits per heavy atom. The molecule has 0 aromatic heterocycles. The van der Waals surface area contributed by atoms with Crippen LogP contribution in [-0.4, -0.2) is 6.04 Å². The Morgan fingerprint density at radius 3 is 2.79 bits per heavy atom. The summed E-state index contributed by atoms with van der Waals surface area (Å²) in [6, 6.07) is 3.06. The van der Waals surface area contributed by atoms with Crippen LogP contribution < -0.4 is 5.32 Å². The maximum Gasteiger partial charge on any atom is 0.139 e. The van der Waals surface area contributed by atoms with Crippen molar-refractivity contribution >= 4 is 21.6 Å². The summed E-state index contributed by atoms with van der Waals surface area (Å²) in [6.45, 7) is 3.75. The number of terminal acetylenes is 1. The van der Waals surface area contributed by atoms with Gasteiger partial charge in [-0.3, -0.25) is 0 Å². The maximum absolute atomic E-state index is 13.2. The van der Waals surface area contributed by atoms with Gasteiger partial charge >= 0.3 is 0 Å². The molecule has 1 nitrogen and oxygen atoms in total. The smallest absolute Gasteiger partial charge is 0.139 e. The van der Waals surface area contributed by atoms with Crippen LogP contribution in [0, 0.1) is 25.1 Å². The van der Waals surface area contributed by atoms with Crippen LogP contribution in [0.15, 0.2) is 16.6 Å². The van der Waals surface area contributed by atoms with Gasteiger partial charge in [-0.05, 0) is 47.5 Å². The summed E-state index contributed by atoms with van der Waals surface area (Å²) in [6.07, 6.45) is 5.22. The average Bonchev–Trinajstić information content (AvgIpc) is 2.14. The summed E-state index contributed by atoms with van der Waals surface area (Å²) in [5.41, 5.74) is 1.69. The molecule has 0 bridgehead atoms. The molecule has 0 aliphatic heterocycles. The van der Waals surface area contributed by atoms with Crippen molar-refractivity contribution in [1.29, 1.82) is 0 Å². The van der Waals surface area contributed by atoms with Gasteiger partial charge in [-0.2, -0.15) is 0 Å². The third-order valence-corrected chi connectivity index (χ3v) is 2.50. The van der Waals surface area contributed by atoms with Crippen molar-refractivity contribution in [3.05, 3.63) is 28.0 Å². The van der Waals surface area contributed by atoms with Crippen molar-refractivity contribution in [2.45, 2.75) is 19.9 Å². The second kappa shape index (κ2) is 4.47. The van der Waals surface area contributed by atoms with Gasteiger partial charge in [0.1, 0.15) is 5.82 Å². The van der Waals surface area contributed by atoms with Gasteiger partial charge in [-0.15, -0.1) is 6.42 Å². The maximum atomic E-state index is 13.2. The molecule has 0 aliphatic rings. The standard InChI is InChI=1S/C11H11BrFN/c1-4-8(3)14-11-6-10(13)9(12)5-7(11)2/h1,5-6,8,14H,2-3H3. The zero-order valence-electron chi connectivity index (χ0n) is 8.07. The number of halogens is 2. The highest BCUT2D eigenvalue weighted by Gasteiger charge is 2.06. The molecule has 0 spiro atoms. The van der Waals surface area contributed by atoms with Crippen molar-refractivity contribution in [2.24, 2.45) is 0 Å². The van der Waals surface area contributed by atoms with Crippen LogP contribution in [0.4, 0.5) is 10.1 Å².